The van der Waals surface area contributed by atoms with E-state index in [1.54, 1.807) is 6.08 Å². The number of benzene rings is 5. The predicted octanol–water partition coefficient (Wildman–Crippen LogP) is 7.51. The molecule has 2 aromatic heterocycles. The minimum atomic E-state index is -0.00675. The molecule has 1 aliphatic carbocycles. The number of para-hydroxylation sites is 4. The lowest BCUT2D eigenvalue weighted by atomic mass is 10.0. The van der Waals surface area contributed by atoms with Gasteiger partial charge in [0.1, 0.15) is 5.71 Å². The van der Waals surface area contributed by atoms with Crippen molar-refractivity contribution in [2.45, 2.75) is 0 Å². The van der Waals surface area contributed by atoms with Gasteiger partial charge in [-0.15, -0.1) is 0 Å². The molecule has 7 nitrogen and oxygen atoms in total. The summed E-state index contributed by atoms with van der Waals surface area (Å²) in [4.78, 5) is 26.4. The van der Waals surface area contributed by atoms with Crippen LogP contribution in [0, 0.1) is 5.41 Å². The summed E-state index contributed by atoms with van der Waals surface area (Å²) in [6.45, 7) is 0. The van der Waals surface area contributed by atoms with Crippen LogP contribution in [0.5, 0.6) is 0 Å². The highest BCUT2D eigenvalue weighted by Crippen LogP contribution is 2.27. The zero-order valence-electron chi connectivity index (χ0n) is 23.9. The molecule has 1 aliphatic rings. The first kappa shape index (κ1) is 26.3. The van der Waals surface area contributed by atoms with Crippen molar-refractivity contribution in [3.05, 3.63) is 160 Å². The van der Waals surface area contributed by atoms with Crippen molar-refractivity contribution in [3.8, 4) is 5.69 Å². The van der Waals surface area contributed by atoms with Crippen LogP contribution in [0.2, 0.25) is 0 Å². The Bertz CT molecular complexity index is 2450. The lowest BCUT2D eigenvalue weighted by Crippen LogP contribution is -2.17. The third-order valence-electron chi connectivity index (χ3n) is 8.23. The van der Waals surface area contributed by atoms with Crippen molar-refractivity contribution in [2.24, 2.45) is 5.10 Å². The molecule has 0 spiro atoms. The number of fused-ring (bicyclic) bond motifs is 4. The number of nitrogens with zero attached hydrogens (tertiary/aromatic N) is 3. The first-order chi connectivity index (χ1) is 22.1. The maximum atomic E-state index is 13.2. The fourth-order valence-corrected chi connectivity index (χ4v) is 6.11. The number of nitrogens with one attached hydrogen (secondary N) is 2. The largest absolute Gasteiger partial charge is 0.309 e. The molecule has 7 heteroatoms. The molecule has 0 bridgehead atoms. The van der Waals surface area contributed by atoms with Crippen molar-refractivity contribution >= 4 is 66.4 Å². The molecule has 0 saturated heterocycles. The molecule has 0 radical (unpaired) electrons. The lowest BCUT2D eigenvalue weighted by molar-refractivity contribution is 1.16. The number of hydrogen-bond acceptors (Lipinski definition) is 5. The summed E-state index contributed by atoms with van der Waals surface area (Å²) in [5.74, 6) is 0. The first-order valence-corrected chi connectivity index (χ1v) is 14.6. The van der Waals surface area contributed by atoms with Gasteiger partial charge in [0.05, 0.1) is 33.5 Å². The van der Waals surface area contributed by atoms with Gasteiger partial charge in [-0.2, -0.15) is 5.10 Å². The molecule has 7 aromatic rings. The van der Waals surface area contributed by atoms with E-state index in [4.69, 9.17) is 5.41 Å². The van der Waals surface area contributed by atoms with Gasteiger partial charge in [0.25, 0.3) is 0 Å². The Balaban J connectivity index is 1.18. The van der Waals surface area contributed by atoms with Gasteiger partial charge in [0.2, 0.25) is 0 Å². The van der Waals surface area contributed by atoms with Crippen LogP contribution in [-0.4, -0.2) is 20.6 Å². The third kappa shape index (κ3) is 4.29. The maximum Gasteiger partial charge on any atom is 0.197 e. The fourth-order valence-electron chi connectivity index (χ4n) is 6.11. The molecule has 2 heterocycles. The Hall–Kier alpha value is -6.34. The summed E-state index contributed by atoms with van der Waals surface area (Å²) in [7, 11) is 0. The molecule has 0 unspecified atom stereocenters. The smallest absolute Gasteiger partial charge is 0.197 e. The molecule has 214 valence electrons. The summed E-state index contributed by atoms with van der Waals surface area (Å²) in [6.07, 6.45) is 5.44. The van der Waals surface area contributed by atoms with Crippen molar-refractivity contribution in [3.63, 3.8) is 0 Å². The van der Waals surface area contributed by atoms with Crippen molar-refractivity contribution in [2.75, 3.05) is 5.43 Å². The van der Waals surface area contributed by atoms with E-state index in [1.165, 1.54) is 0 Å². The van der Waals surface area contributed by atoms with Crippen LogP contribution in [0.4, 0.5) is 5.69 Å². The quantitative estimate of drug-likeness (QED) is 0.128. The Morgan fingerprint density at radius 1 is 0.533 bits per heavy atom. The minimum absolute atomic E-state index is 0.00675. The Morgan fingerprint density at radius 3 is 1.47 bits per heavy atom. The molecule has 0 amide bonds. The number of anilines is 1. The highest BCUT2D eigenvalue weighted by atomic mass is 16.1. The molecule has 5 aromatic carbocycles. The van der Waals surface area contributed by atoms with Gasteiger partial charge in [-0.05, 0) is 91.0 Å². The molecular weight excluding hydrogens is 558 g/mol. The molecule has 8 rings (SSSR count). The van der Waals surface area contributed by atoms with Gasteiger partial charge in [0, 0.05) is 32.9 Å². The molecule has 0 fully saturated rings. The van der Waals surface area contributed by atoms with E-state index in [-0.39, 0.29) is 16.6 Å². The van der Waals surface area contributed by atoms with Crippen LogP contribution in [0.3, 0.4) is 0 Å². The fraction of sp³-hybridized carbons (Fsp3) is 0. The third-order valence-corrected chi connectivity index (χ3v) is 8.23. The number of hydrogen-bond donors (Lipinski definition) is 2. The Kier molecular flexibility index (Phi) is 6.10. The number of hydrazone groups is 1. The van der Waals surface area contributed by atoms with Gasteiger partial charge in [0.15, 0.2) is 10.9 Å². The average molecular weight is 584 g/mol. The van der Waals surface area contributed by atoms with E-state index in [0.29, 0.717) is 27.3 Å². The van der Waals surface area contributed by atoms with Gasteiger partial charge in [-0.3, -0.25) is 20.4 Å². The summed E-state index contributed by atoms with van der Waals surface area (Å²) < 4.78 is 4.13. The monoisotopic (exact) mass is 583 g/mol. The van der Waals surface area contributed by atoms with E-state index in [1.807, 2.05) is 138 Å². The van der Waals surface area contributed by atoms with E-state index < -0.39 is 0 Å². The highest BCUT2D eigenvalue weighted by molar-refractivity contribution is 6.51. The van der Waals surface area contributed by atoms with Gasteiger partial charge >= 0.3 is 0 Å². The first-order valence-electron chi connectivity index (χ1n) is 14.6. The lowest BCUT2D eigenvalue weighted by Gasteiger charge is -2.18. The van der Waals surface area contributed by atoms with Gasteiger partial charge < -0.3 is 9.13 Å². The van der Waals surface area contributed by atoms with E-state index in [0.717, 1.165) is 39.1 Å². The van der Waals surface area contributed by atoms with Crippen LogP contribution in [0.15, 0.2) is 154 Å². The van der Waals surface area contributed by atoms with Crippen LogP contribution in [0.1, 0.15) is 0 Å². The minimum Gasteiger partial charge on any atom is -0.309 e. The molecule has 0 atom stereocenters. The predicted molar refractivity (Wildman–Crippen MR) is 185 cm³/mol. The van der Waals surface area contributed by atoms with Gasteiger partial charge in [-0.25, -0.2) is 0 Å². The second-order valence-electron chi connectivity index (χ2n) is 10.9. The number of rotatable bonds is 4. The summed E-state index contributed by atoms with van der Waals surface area (Å²) in [6, 6.07) is 38.2. The van der Waals surface area contributed by atoms with Crippen molar-refractivity contribution < 1.29 is 0 Å². The Labute approximate surface area is 256 Å². The maximum absolute atomic E-state index is 13.2. The van der Waals surface area contributed by atoms with E-state index >= 15 is 0 Å². The SMILES string of the molecule is N=C1C=CC(n2c3ccccc3c(=O)c3ccccc32)=C/C1=N/Nc1ccc(-n2c3ccccc3c(=O)c3ccccc32)cc1. The molecule has 45 heavy (non-hydrogen) atoms. The van der Waals surface area contributed by atoms with E-state index in [2.05, 4.69) is 15.1 Å². The number of aromatic nitrogens is 2. The molecule has 0 saturated carbocycles. The normalized spacial score (nSPS) is 14.1. The number of allylic oxidation sites excluding steroid dienone is 4. The van der Waals surface area contributed by atoms with Crippen LogP contribution < -0.4 is 16.3 Å². The topological polar surface area (TPSA) is 92.2 Å². The second kappa shape index (κ2) is 10.4. The number of pyridine rings is 2. The summed E-state index contributed by atoms with van der Waals surface area (Å²) >= 11 is 0. The van der Waals surface area contributed by atoms with Crippen LogP contribution in [-0.2, 0) is 0 Å². The van der Waals surface area contributed by atoms with Crippen molar-refractivity contribution in [1.29, 1.82) is 5.41 Å². The summed E-state index contributed by atoms with van der Waals surface area (Å²) in [5, 5.41) is 15.7. The molecular formula is C38H25N5O2. The van der Waals surface area contributed by atoms with Gasteiger partial charge in [-0.1, -0.05) is 48.5 Å². The average Bonchev–Trinajstić information content (AvgIpc) is 3.09. The zero-order chi connectivity index (χ0) is 30.5. The second-order valence-corrected chi connectivity index (χ2v) is 10.9. The molecule has 2 N–H and O–H groups in total. The highest BCUT2D eigenvalue weighted by Gasteiger charge is 2.16. The summed E-state index contributed by atoms with van der Waals surface area (Å²) in [5.41, 5.74) is 9.56. The van der Waals surface area contributed by atoms with Crippen molar-refractivity contribution in [1.82, 2.24) is 9.13 Å². The standard InChI is InChI=1S/C38H25N5O2/c39-31-22-21-26(43-35-15-7-3-11-29(35)38(45)30-12-4-8-16-36(30)43)23-32(31)41-40-24-17-19-25(20-18-24)42-33-13-5-1-9-27(33)37(44)28-10-2-6-14-34(28)42/h1-23,39-40H/b39-31?,41-32-. The van der Waals surface area contributed by atoms with Crippen LogP contribution in [0.25, 0.3) is 55.0 Å². The molecule has 0 aliphatic heterocycles. The Morgan fingerprint density at radius 2 is 0.978 bits per heavy atom. The van der Waals surface area contributed by atoms with Crippen LogP contribution >= 0.6 is 0 Å². The zero-order valence-corrected chi connectivity index (χ0v) is 23.9. The van der Waals surface area contributed by atoms with E-state index in [9.17, 15) is 9.59 Å².